The Kier molecular flexibility index (Phi) is 11.0. The SMILES string of the molecule is O=c1c2ccccc2c(=O)n2n1[C@H](c1ccccc1)[PH+](CC[PH+]1[C@@H](c3ccccc3)n3c(=O)c4ccccc4c(=O)n3[C@@H]1c1ccccc1)[C@H]2c1ccccc1.[CH3-].[Pd+2]. The van der Waals surface area contributed by atoms with Crippen LogP contribution >= 0.6 is 15.8 Å². The second kappa shape index (κ2) is 16.2. The zero-order chi connectivity index (χ0) is 37.9. The Hall–Kier alpha value is -5.28. The molecule has 0 saturated heterocycles. The van der Waals surface area contributed by atoms with Crippen molar-refractivity contribution in [2.45, 2.75) is 23.1 Å². The van der Waals surface area contributed by atoms with Gasteiger partial charge in [-0.1, -0.05) is 146 Å². The third kappa shape index (κ3) is 6.24. The van der Waals surface area contributed by atoms with Gasteiger partial charge in [0.25, 0.3) is 22.2 Å². The molecular weight excluding hydrogens is 853 g/mol. The zero-order valence-corrected chi connectivity index (χ0v) is 35.2. The van der Waals surface area contributed by atoms with Crippen LogP contribution in [0.3, 0.4) is 0 Å². The van der Waals surface area contributed by atoms with Crippen molar-refractivity contribution in [1.29, 1.82) is 0 Å². The average Bonchev–Trinajstić information content (AvgIpc) is 3.79. The Morgan fingerprint density at radius 3 is 0.724 bits per heavy atom. The van der Waals surface area contributed by atoms with E-state index in [1.54, 1.807) is 43.0 Å². The van der Waals surface area contributed by atoms with Crippen LogP contribution in [0, 0.1) is 7.43 Å². The van der Waals surface area contributed by atoms with E-state index >= 15 is 0 Å². The van der Waals surface area contributed by atoms with Crippen LogP contribution in [0.5, 0.6) is 0 Å². The first-order valence-corrected chi connectivity index (χ1v) is 22.7. The fraction of sp³-hybridized carbons (Fsp3) is 0.128. The smallest absolute Gasteiger partial charge is 0.358 e. The first-order chi connectivity index (χ1) is 27.5. The minimum atomic E-state index is -1.74. The summed E-state index contributed by atoms with van der Waals surface area (Å²) in [5.74, 6) is -1.39. The van der Waals surface area contributed by atoms with Gasteiger partial charge in [0.05, 0.1) is 49.7 Å². The van der Waals surface area contributed by atoms with Gasteiger partial charge in [-0.2, -0.15) is 0 Å². The Balaban J connectivity index is 0.00000235. The molecule has 2 aliphatic rings. The molecule has 0 aliphatic carbocycles. The van der Waals surface area contributed by atoms with Gasteiger partial charge in [-0.3, -0.25) is 19.2 Å². The van der Waals surface area contributed by atoms with Crippen molar-refractivity contribution >= 4 is 37.4 Å². The van der Waals surface area contributed by atoms with Gasteiger partial charge in [-0.25, -0.2) is 18.7 Å². The summed E-state index contributed by atoms with van der Waals surface area (Å²) in [6.07, 6.45) is 1.46. The van der Waals surface area contributed by atoms with Gasteiger partial charge in [0.15, 0.2) is 23.1 Å². The number of benzene rings is 6. The van der Waals surface area contributed by atoms with Gasteiger partial charge in [0.2, 0.25) is 0 Å². The van der Waals surface area contributed by atoms with Crippen LogP contribution in [0.25, 0.3) is 21.5 Å². The summed E-state index contributed by atoms with van der Waals surface area (Å²) in [7, 11) is -3.47. The molecule has 2 aromatic heterocycles. The zero-order valence-electron chi connectivity index (χ0n) is 31.6. The van der Waals surface area contributed by atoms with Crippen molar-refractivity contribution in [3.8, 4) is 0 Å². The molecule has 6 aromatic carbocycles. The standard InChI is InChI=1S/C46H36N4O4P2.CH3.Pd/c51-39-35-25-13-14-26-36(35)40(52)48-44(32-19-7-2-8-20-32)55(43(47(39)48)31-17-5-1-6-18-31)29-30-56-45(33-21-9-3-10-22-33)49-41(53)37-27-15-16-28-38(37)42(54)50(49)46(56)34-23-11-4-12-24-34;;/h1-28,43-46H,29-30H2;1H3;/q;-1;+2/p+2/t43-,44-,45-,46-;;/m0../s1. The predicted molar refractivity (Wildman–Crippen MR) is 236 cm³/mol. The van der Waals surface area contributed by atoms with Gasteiger partial charge >= 0.3 is 20.4 Å². The van der Waals surface area contributed by atoms with Gasteiger partial charge in [-0.05, 0) is 24.3 Å². The Bertz CT molecular complexity index is 2600. The third-order valence-corrected chi connectivity index (χ3v) is 18.9. The molecule has 10 rings (SSSR count). The van der Waals surface area contributed by atoms with Crippen molar-refractivity contribution in [1.82, 2.24) is 18.7 Å². The minimum absolute atomic E-state index is 0. The van der Waals surface area contributed by atoms with E-state index < -0.39 is 15.8 Å². The van der Waals surface area contributed by atoms with Crippen molar-refractivity contribution < 1.29 is 20.4 Å². The van der Waals surface area contributed by atoms with Gasteiger partial charge in [-0.15, -0.1) is 0 Å². The molecule has 0 amide bonds. The number of nitrogens with zero attached hydrogens (tertiary/aromatic N) is 4. The number of rotatable bonds is 7. The number of hydrogen-bond donors (Lipinski definition) is 0. The van der Waals surface area contributed by atoms with E-state index in [9.17, 15) is 19.2 Å². The van der Waals surface area contributed by atoms with Crippen LogP contribution in [0.2, 0.25) is 0 Å². The van der Waals surface area contributed by atoms with E-state index in [1.807, 2.05) is 97.1 Å². The second-order valence-electron chi connectivity index (χ2n) is 14.6. The molecule has 11 heteroatoms. The van der Waals surface area contributed by atoms with E-state index in [0.717, 1.165) is 34.6 Å². The van der Waals surface area contributed by atoms with Crippen LogP contribution in [0.1, 0.15) is 45.4 Å². The quantitative estimate of drug-likeness (QED) is 0.0914. The molecule has 0 N–H and O–H groups in total. The average molecular weight is 894 g/mol. The van der Waals surface area contributed by atoms with Gasteiger partial charge < -0.3 is 7.43 Å². The van der Waals surface area contributed by atoms with E-state index in [-0.39, 0.29) is 73.2 Å². The number of aromatic nitrogens is 4. The molecule has 0 spiro atoms. The van der Waals surface area contributed by atoms with Crippen LogP contribution in [0.4, 0.5) is 0 Å². The molecule has 0 fully saturated rings. The Labute approximate surface area is 351 Å². The van der Waals surface area contributed by atoms with E-state index in [4.69, 9.17) is 0 Å². The maximum atomic E-state index is 14.7. The molecule has 290 valence electrons. The molecule has 0 saturated carbocycles. The normalized spacial score (nSPS) is 18.7. The third-order valence-electron chi connectivity index (χ3n) is 11.6. The Morgan fingerprint density at radius 2 is 0.517 bits per heavy atom. The van der Waals surface area contributed by atoms with Gasteiger partial charge in [0.1, 0.15) is 0 Å². The molecule has 0 unspecified atom stereocenters. The summed E-state index contributed by atoms with van der Waals surface area (Å²) in [5.41, 5.74) is 3.28. The van der Waals surface area contributed by atoms with Crippen molar-refractivity contribution in [2.24, 2.45) is 0 Å². The van der Waals surface area contributed by atoms with Crippen LogP contribution < -0.4 is 22.2 Å². The molecule has 8 nitrogen and oxygen atoms in total. The first-order valence-electron chi connectivity index (χ1n) is 19.0. The summed E-state index contributed by atoms with van der Waals surface area (Å²) in [5, 5.41) is 1.67. The molecular formula is C47H41N4O4P2Pd+3. The maximum absolute atomic E-state index is 14.7. The largest absolute Gasteiger partial charge is 2.00 e. The number of fused-ring (bicyclic) bond motifs is 4. The molecule has 0 radical (unpaired) electrons. The van der Waals surface area contributed by atoms with Crippen LogP contribution in [-0.4, -0.2) is 31.1 Å². The van der Waals surface area contributed by atoms with Crippen LogP contribution in [-0.2, 0) is 20.4 Å². The van der Waals surface area contributed by atoms with Crippen molar-refractivity contribution in [3.05, 3.63) is 241 Å². The van der Waals surface area contributed by atoms with E-state index in [2.05, 4.69) is 48.5 Å². The summed E-state index contributed by atoms with van der Waals surface area (Å²) in [6, 6.07) is 54.8. The summed E-state index contributed by atoms with van der Waals surface area (Å²) in [6.45, 7) is 0. The van der Waals surface area contributed by atoms with Gasteiger partial charge in [0, 0.05) is 22.3 Å². The van der Waals surface area contributed by atoms with E-state index in [0.29, 0.717) is 21.5 Å². The molecule has 8 aromatic rings. The fourth-order valence-corrected chi connectivity index (χ4v) is 18.0. The topological polar surface area (TPSA) is 88.0 Å². The fourth-order valence-electron chi connectivity index (χ4n) is 9.29. The molecule has 4 heterocycles. The van der Waals surface area contributed by atoms with Crippen molar-refractivity contribution in [3.63, 3.8) is 0 Å². The summed E-state index contributed by atoms with van der Waals surface area (Å²) >= 11 is 0. The molecule has 4 atom stereocenters. The summed E-state index contributed by atoms with van der Waals surface area (Å²) < 4.78 is 7.05. The van der Waals surface area contributed by atoms with E-state index in [1.165, 1.54) is 0 Å². The maximum Gasteiger partial charge on any atom is 2.00 e. The van der Waals surface area contributed by atoms with Crippen molar-refractivity contribution in [2.75, 3.05) is 12.3 Å². The Morgan fingerprint density at radius 1 is 0.328 bits per heavy atom. The summed E-state index contributed by atoms with van der Waals surface area (Å²) in [4.78, 5) is 58.8. The van der Waals surface area contributed by atoms with Crippen LogP contribution in [0.15, 0.2) is 189 Å². The number of hydrogen-bond acceptors (Lipinski definition) is 4. The monoisotopic (exact) mass is 893 g/mol. The predicted octanol–water partition coefficient (Wildman–Crippen LogP) is 8.43. The molecule has 0 bridgehead atoms. The second-order valence-corrected chi connectivity index (χ2v) is 20.1. The first kappa shape index (κ1) is 39.5. The minimum Gasteiger partial charge on any atom is -0.358 e. The molecule has 2 aliphatic heterocycles. The molecule has 58 heavy (non-hydrogen) atoms.